The summed E-state index contributed by atoms with van der Waals surface area (Å²) in [5.41, 5.74) is 4.63. The summed E-state index contributed by atoms with van der Waals surface area (Å²) in [6.07, 6.45) is -0.508. The fraction of sp³-hybridized carbons (Fsp3) is 0.556. The van der Waals surface area contributed by atoms with Gasteiger partial charge >= 0.3 is 5.69 Å². The zero-order valence-electron chi connectivity index (χ0n) is 9.94. The average Bonchev–Trinajstić information content (AvgIpc) is 2.31. The summed E-state index contributed by atoms with van der Waals surface area (Å²) in [5, 5.41) is 2.77. The highest BCUT2D eigenvalue weighted by atomic mass is 16.7. The van der Waals surface area contributed by atoms with E-state index in [2.05, 4.69) is 10.3 Å². The number of nitrogens with zero attached hydrogens (tertiary/aromatic N) is 1. The van der Waals surface area contributed by atoms with Crippen LogP contribution < -0.4 is 22.3 Å². The summed E-state index contributed by atoms with van der Waals surface area (Å²) in [6, 6.07) is 0. The lowest BCUT2D eigenvalue weighted by Gasteiger charge is -2.16. The number of anilines is 2. The van der Waals surface area contributed by atoms with Gasteiger partial charge in [0.1, 0.15) is 11.5 Å². The topological polar surface area (TPSA) is 111 Å². The molecule has 96 valence electrons. The second-order valence-corrected chi connectivity index (χ2v) is 3.36. The largest absolute Gasteiger partial charge is 0.383 e. The van der Waals surface area contributed by atoms with E-state index in [-0.39, 0.29) is 18.1 Å². The summed E-state index contributed by atoms with van der Waals surface area (Å²) in [7, 11) is 4.41. The molecule has 8 heteroatoms. The highest BCUT2D eigenvalue weighted by Crippen LogP contribution is 2.08. The van der Waals surface area contributed by atoms with E-state index in [4.69, 9.17) is 15.2 Å². The first-order chi connectivity index (χ1) is 8.01. The minimum atomic E-state index is -0.573. The number of aromatic amines is 1. The number of nitrogens with two attached hydrogens (primary N) is 1. The van der Waals surface area contributed by atoms with E-state index in [1.165, 1.54) is 21.3 Å². The van der Waals surface area contributed by atoms with Gasteiger partial charge in [-0.3, -0.25) is 14.3 Å². The molecule has 4 N–H and O–H groups in total. The van der Waals surface area contributed by atoms with Gasteiger partial charge in [0.05, 0.1) is 6.54 Å². The molecule has 0 saturated carbocycles. The summed E-state index contributed by atoms with van der Waals surface area (Å²) >= 11 is 0. The maximum Gasteiger partial charge on any atom is 0.329 e. The van der Waals surface area contributed by atoms with Crippen LogP contribution >= 0.6 is 0 Å². The molecule has 8 nitrogen and oxygen atoms in total. The molecule has 0 radical (unpaired) electrons. The van der Waals surface area contributed by atoms with E-state index in [9.17, 15) is 9.59 Å². The standard InChI is InChI=1S/C9H16N4O4/c1-13-7(10)6(8(14)12-9(13)15)11-4-5(16-2)17-3/h5,11H,4,10H2,1-3H3,(H,12,14,15). The minimum Gasteiger partial charge on any atom is -0.383 e. The van der Waals surface area contributed by atoms with Crippen molar-refractivity contribution in [3.8, 4) is 0 Å². The van der Waals surface area contributed by atoms with Gasteiger partial charge in [-0.05, 0) is 0 Å². The number of nitrogens with one attached hydrogen (secondary N) is 2. The minimum absolute atomic E-state index is 0.0599. The van der Waals surface area contributed by atoms with Crippen molar-refractivity contribution >= 4 is 11.5 Å². The van der Waals surface area contributed by atoms with Gasteiger partial charge in [-0.1, -0.05) is 0 Å². The van der Waals surface area contributed by atoms with E-state index in [1.54, 1.807) is 0 Å². The molecule has 0 unspecified atom stereocenters. The first kappa shape index (κ1) is 13.3. The highest BCUT2D eigenvalue weighted by molar-refractivity contribution is 5.60. The van der Waals surface area contributed by atoms with Crippen LogP contribution in [0.15, 0.2) is 9.59 Å². The summed E-state index contributed by atoms with van der Waals surface area (Å²) in [4.78, 5) is 24.9. The van der Waals surface area contributed by atoms with Crippen molar-refractivity contribution in [2.24, 2.45) is 7.05 Å². The van der Waals surface area contributed by atoms with Gasteiger partial charge < -0.3 is 20.5 Å². The predicted molar refractivity (Wildman–Crippen MR) is 63.0 cm³/mol. The first-order valence-electron chi connectivity index (χ1n) is 4.89. The summed E-state index contributed by atoms with van der Waals surface area (Å²) in [6.45, 7) is 0.235. The lowest BCUT2D eigenvalue weighted by molar-refractivity contribution is -0.0914. The fourth-order valence-electron chi connectivity index (χ4n) is 1.26. The Morgan fingerprint density at radius 3 is 2.53 bits per heavy atom. The monoisotopic (exact) mass is 244 g/mol. The molecular formula is C9H16N4O4. The fourth-order valence-corrected chi connectivity index (χ4v) is 1.26. The van der Waals surface area contributed by atoms with Crippen LogP contribution in [0.25, 0.3) is 0 Å². The number of hydrogen-bond acceptors (Lipinski definition) is 6. The molecule has 0 aliphatic heterocycles. The van der Waals surface area contributed by atoms with Crippen LogP contribution in [0.4, 0.5) is 11.5 Å². The molecule has 0 amide bonds. The van der Waals surface area contributed by atoms with Crippen LogP contribution in [0.1, 0.15) is 0 Å². The Labute approximate surface area is 97.3 Å². The van der Waals surface area contributed by atoms with Gasteiger partial charge in [0.15, 0.2) is 6.29 Å². The number of aromatic nitrogens is 2. The van der Waals surface area contributed by atoms with Gasteiger partial charge in [-0.2, -0.15) is 0 Å². The number of hydrogen-bond donors (Lipinski definition) is 3. The third-order valence-electron chi connectivity index (χ3n) is 2.34. The molecule has 0 bridgehead atoms. The molecular weight excluding hydrogens is 228 g/mol. The molecule has 1 aromatic heterocycles. The van der Waals surface area contributed by atoms with Crippen molar-refractivity contribution < 1.29 is 9.47 Å². The molecule has 0 fully saturated rings. The van der Waals surface area contributed by atoms with Gasteiger partial charge in [0.25, 0.3) is 5.56 Å². The van der Waals surface area contributed by atoms with Gasteiger partial charge in [-0.25, -0.2) is 4.79 Å². The Kier molecular flexibility index (Phi) is 4.30. The first-order valence-corrected chi connectivity index (χ1v) is 4.89. The van der Waals surface area contributed by atoms with Gasteiger partial charge in [0.2, 0.25) is 0 Å². The van der Waals surface area contributed by atoms with E-state index in [0.29, 0.717) is 0 Å². The molecule has 0 atom stereocenters. The van der Waals surface area contributed by atoms with Crippen LogP contribution in [-0.4, -0.2) is 36.6 Å². The number of ether oxygens (including phenoxy) is 2. The molecule has 17 heavy (non-hydrogen) atoms. The quantitative estimate of drug-likeness (QED) is 0.554. The normalized spacial score (nSPS) is 10.8. The molecule has 1 aromatic rings. The third kappa shape index (κ3) is 2.86. The van der Waals surface area contributed by atoms with Crippen LogP contribution in [-0.2, 0) is 16.5 Å². The van der Waals surface area contributed by atoms with Crippen molar-refractivity contribution in [3.63, 3.8) is 0 Å². The number of nitrogen functional groups attached to an aromatic ring is 1. The summed E-state index contributed by atoms with van der Waals surface area (Å²) < 4.78 is 11.0. The summed E-state index contributed by atoms with van der Waals surface area (Å²) in [5.74, 6) is 0.0599. The maximum atomic E-state index is 11.5. The third-order valence-corrected chi connectivity index (χ3v) is 2.34. The van der Waals surface area contributed by atoms with Crippen molar-refractivity contribution in [3.05, 3.63) is 20.8 Å². The maximum absolute atomic E-state index is 11.5. The van der Waals surface area contributed by atoms with Gasteiger partial charge in [0, 0.05) is 21.3 Å². The van der Waals surface area contributed by atoms with Crippen molar-refractivity contribution in [2.45, 2.75) is 6.29 Å². The second-order valence-electron chi connectivity index (χ2n) is 3.36. The smallest absolute Gasteiger partial charge is 0.329 e. The predicted octanol–water partition coefficient (Wildman–Crippen LogP) is -1.31. The average molecular weight is 244 g/mol. The van der Waals surface area contributed by atoms with Crippen LogP contribution in [0.3, 0.4) is 0 Å². The van der Waals surface area contributed by atoms with E-state index < -0.39 is 17.5 Å². The zero-order valence-corrected chi connectivity index (χ0v) is 9.94. The van der Waals surface area contributed by atoms with Crippen LogP contribution in [0.5, 0.6) is 0 Å². The van der Waals surface area contributed by atoms with Gasteiger partial charge in [-0.15, -0.1) is 0 Å². The Morgan fingerprint density at radius 1 is 1.41 bits per heavy atom. The van der Waals surface area contributed by atoms with Crippen LogP contribution in [0.2, 0.25) is 0 Å². The van der Waals surface area contributed by atoms with E-state index >= 15 is 0 Å². The van der Waals surface area contributed by atoms with Crippen molar-refractivity contribution in [2.75, 3.05) is 31.8 Å². The molecule has 1 rings (SSSR count). The zero-order chi connectivity index (χ0) is 13.0. The molecule has 0 aliphatic carbocycles. The molecule has 0 aromatic carbocycles. The Morgan fingerprint density at radius 2 is 2.00 bits per heavy atom. The Hall–Kier alpha value is -1.80. The molecule has 0 aliphatic rings. The molecule has 1 heterocycles. The van der Waals surface area contributed by atoms with E-state index in [1.807, 2.05) is 0 Å². The second kappa shape index (κ2) is 5.51. The molecule has 0 saturated heterocycles. The SMILES string of the molecule is COC(CNc1c(N)n(C)c(=O)[nH]c1=O)OC. The number of methoxy groups -OCH3 is 2. The lowest BCUT2D eigenvalue weighted by atomic mass is 10.4. The number of rotatable bonds is 5. The number of H-pyrrole nitrogens is 1. The lowest BCUT2D eigenvalue weighted by Crippen LogP contribution is -2.34. The Balaban J connectivity index is 2.96. The molecule has 0 spiro atoms. The Bertz CT molecular complexity index is 489. The van der Waals surface area contributed by atoms with Crippen molar-refractivity contribution in [1.82, 2.24) is 9.55 Å². The van der Waals surface area contributed by atoms with E-state index in [0.717, 1.165) is 4.57 Å². The van der Waals surface area contributed by atoms with Crippen LogP contribution in [0, 0.1) is 0 Å². The van der Waals surface area contributed by atoms with Crippen molar-refractivity contribution in [1.29, 1.82) is 0 Å². The highest BCUT2D eigenvalue weighted by Gasteiger charge is 2.11.